The minimum Gasteiger partial charge on any atom is -0.870 e. The van der Waals surface area contributed by atoms with E-state index in [1.165, 1.54) is 38.9 Å². The Bertz CT molecular complexity index is 2700. The van der Waals surface area contributed by atoms with E-state index in [1.54, 1.807) is 12.1 Å². The Labute approximate surface area is 415 Å². The molecule has 342 valence electrons. The number of carboxylic acids is 1. The molecule has 67 heavy (non-hydrogen) atoms. The van der Waals surface area contributed by atoms with Crippen LogP contribution in [0.2, 0.25) is 0 Å². The third kappa shape index (κ3) is 11.6. The number of benzene rings is 6. The molecule has 0 radical (unpaired) electrons. The molecule has 2 atom stereocenters. The van der Waals surface area contributed by atoms with Gasteiger partial charge in [0.25, 0.3) is 0 Å². The van der Waals surface area contributed by atoms with Gasteiger partial charge < -0.3 is 34.3 Å². The van der Waals surface area contributed by atoms with Crippen molar-refractivity contribution in [2.45, 2.75) is 91.1 Å². The summed E-state index contributed by atoms with van der Waals surface area (Å²) in [5.74, 6) is -0.524. The molecule has 0 amide bonds. The first-order valence-corrected chi connectivity index (χ1v) is 22.5. The number of carboxylic acid groups (broad SMARTS) is 1. The van der Waals surface area contributed by atoms with E-state index in [2.05, 4.69) is 107 Å². The van der Waals surface area contributed by atoms with E-state index < -0.39 is 11.8 Å². The third-order valence-electron chi connectivity index (χ3n) is 12.5. The number of ether oxygens (including phenoxy) is 5. The molecule has 10 nitrogen and oxygen atoms in total. The van der Waals surface area contributed by atoms with Gasteiger partial charge in [-0.3, -0.25) is 14.4 Å². The largest absolute Gasteiger partial charge is 1.00 e. The molecular formula is C56H57NaO10. The van der Waals surface area contributed by atoms with E-state index in [0.717, 1.165) is 39.1 Å². The molecule has 3 aliphatic heterocycles. The number of ketones is 1. The molecule has 6 aromatic rings. The van der Waals surface area contributed by atoms with Crippen LogP contribution < -0.4 is 39.0 Å². The Morgan fingerprint density at radius 2 is 1.16 bits per heavy atom. The summed E-state index contributed by atoms with van der Waals surface area (Å²) >= 11 is 0. The Hall–Kier alpha value is -5.59. The molecule has 3 heterocycles. The minimum absolute atomic E-state index is 0. The molecule has 2 N–H and O–H groups in total. The standard InChI is InChI=1S/C30H32O5.C26H24O4.Na.H2O/c1-4-32-28(31)14-12-22-11-13-26-25(17-22)30(33-15-16-34-30)19-27(35-26)23-9-6-10-24(18-23)29-20(2)7-5-8-21(29)3;1-16-5-3-6-17(2)26(16)20-8-4-7-19(14-20)24-15-22(27)21-13-18(10-12-25(28)29)9-11-23(21)30-24;;/h5-11,13,17-18,27H,4,12,14-16,19H2,1-3H3;3-9,11,13-14,24H,10,12,15H2,1-2H3,(H,28,29);;1H2/q;;+1;/p-1. The summed E-state index contributed by atoms with van der Waals surface area (Å²) in [5, 5.41) is 8.87. The van der Waals surface area contributed by atoms with Gasteiger partial charge in [-0.15, -0.1) is 0 Å². The van der Waals surface area contributed by atoms with Gasteiger partial charge in [0.1, 0.15) is 23.7 Å². The van der Waals surface area contributed by atoms with Crippen LogP contribution in [0, 0.1) is 27.7 Å². The maximum absolute atomic E-state index is 12.8. The Balaban J connectivity index is 0.000000217. The fourth-order valence-corrected chi connectivity index (χ4v) is 9.37. The number of fused-ring (bicyclic) bond motifs is 3. The number of aryl methyl sites for hydroxylation is 6. The first-order valence-electron chi connectivity index (χ1n) is 22.5. The maximum atomic E-state index is 12.8. The van der Waals surface area contributed by atoms with Crippen LogP contribution in [0.5, 0.6) is 11.5 Å². The summed E-state index contributed by atoms with van der Waals surface area (Å²) < 4.78 is 30.3. The molecular weight excluding hydrogens is 856 g/mol. The summed E-state index contributed by atoms with van der Waals surface area (Å²) in [6.45, 7) is 11.8. The molecule has 0 aromatic heterocycles. The molecule has 0 bridgehead atoms. The average molecular weight is 913 g/mol. The first-order chi connectivity index (χ1) is 31.4. The number of hydrogen-bond acceptors (Lipinski definition) is 9. The normalized spacial score (nSPS) is 16.4. The fraction of sp³-hybridized carbons (Fsp3) is 0.304. The smallest absolute Gasteiger partial charge is 0.870 e. The van der Waals surface area contributed by atoms with Crippen LogP contribution in [-0.4, -0.2) is 48.1 Å². The molecule has 1 saturated heterocycles. The van der Waals surface area contributed by atoms with Crippen molar-refractivity contribution in [3.63, 3.8) is 0 Å². The van der Waals surface area contributed by atoms with Crippen LogP contribution in [0.1, 0.15) is 105 Å². The zero-order valence-corrected chi connectivity index (χ0v) is 41.2. The molecule has 0 aliphatic carbocycles. The molecule has 6 aromatic carbocycles. The van der Waals surface area contributed by atoms with Crippen molar-refractivity contribution in [3.05, 3.63) is 177 Å². The van der Waals surface area contributed by atoms with Crippen LogP contribution in [-0.2, 0) is 42.4 Å². The zero-order valence-electron chi connectivity index (χ0n) is 39.2. The van der Waals surface area contributed by atoms with Crippen molar-refractivity contribution in [1.29, 1.82) is 0 Å². The summed E-state index contributed by atoms with van der Waals surface area (Å²) in [6.07, 6.45) is 1.69. The Kier molecular flexibility index (Phi) is 17.0. The topological polar surface area (TPSA) is 148 Å². The quantitative estimate of drug-likeness (QED) is 0.0989. The molecule has 0 saturated carbocycles. The van der Waals surface area contributed by atoms with Crippen molar-refractivity contribution in [1.82, 2.24) is 0 Å². The predicted octanol–water partition coefficient (Wildman–Crippen LogP) is 8.71. The van der Waals surface area contributed by atoms with Crippen LogP contribution >= 0.6 is 0 Å². The zero-order chi connectivity index (χ0) is 45.7. The molecule has 1 spiro atoms. The average Bonchev–Trinajstić information content (AvgIpc) is 3.76. The van der Waals surface area contributed by atoms with Crippen molar-refractivity contribution in [2.24, 2.45) is 0 Å². The van der Waals surface area contributed by atoms with Crippen molar-refractivity contribution in [3.8, 4) is 33.8 Å². The molecule has 3 aliphatic rings. The van der Waals surface area contributed by atoms with Crippen LogP contribution in [0.15, 0.2) is 121 Å². The third-order valence-corrected chi connectivity index (χ3v) is 12.5. The molecule has 2 unspecified atom stereocenters. The maximum Gasteiger partial charge on any atom is 1.00 e. The summed E-state index contributed by atoms with van der Waals surface area (Å²) in [7, 11) is 0. The summed E-state index contributed by atoms with van der Waals surface area (Å²) in [5.41, 5.74) is 15.1. The van der Waals surface area contributed by atoms with Crippen LogP contribution in [0.25, 0.3) is 22.3 Å². The van der Waals surface area contributed by atoms with Gasteiger partial charge in [0, 0.05) is 19.3 Å². The van der Waals surface area contributed by atoms with Gasteiger partial charge >= 0.3 is 41.5 Å². The number of carbonyl (C=O) groups excluding carboxylic acids is 2. The van der Waals surface area contributed by atoms with Crippen LogP contribution in [0.3, 0.4) is 0 Å². The second-order valence-corrected chi connectivity index (χ2v) is 17.1. The SMILES string of the molecule is CCOC(=O)CCc1ccc2c(c1)C1(CC(c3cccc(-c4c(C)cccc4C)c3)O2)OCCO1.Cc1cccc(C)c1-c1cccc(C2CC(=O)c3cc(CCC(=O)O)ccc3O2)c1.[Na+].[OH-]. The Morgan fingerprint density at radius 1 is 0.657 bits per heavy atom. The Morgan fingerprint density at radius 3 is 1.73 bits per heavy atom. The van der Waals surface area contributed by atoms with Gasteiger partial charge in [0.05, 0.1) is 37.4 Å². The minimum atomic E-state index is -0.848. The second-order valence-electron chi connectivity index (χ2n) is 17.1. The van der Waals surface area contributed by atoms with E-state index >= 15 is 0 Å². The first kappa shape index (κ1) is 50.8. The molecule has 9 rings (SSSR count). The van der Waals surface area contributed by atoms with Gasteiger partial charge in [-0.2, -0.15) is 0 Å². The number of rotatable bonds is 11. The number of hydrogen-bond donors (Lipinski definition) is 1. The van der Waals surface area contributed by atoms with E-state index in [-0.39, 0.29) is 71.8 Å². The van der Waals surface area contributed by atoms with Gasteiger partial charge in [-0.25, -0.2) is 0 Å². The number of aliphatic carboxylic acids is 1. The van der Waals surface area contributed by atoms with Crippen molar-refractivity contribution in [2.75, 3.05) is 19.8 Å². The van der Waals surface area contributed by atoms with Crippen molar-refractivity contribution >= 4 is 17.7 Å². The van der Waals surface area contributed by atoms with Gasteiger partial charge in [0.2, 0.25) is 5.79 Å². The van der Waals surface area contributed by atoms with E-state index in [4.69, 9.17) is 28.8 Å². The van der Waals surface area contributed by atoms with Crippen LogP contribution in [0.4, 0.5) is 0 Å². The van der Waals surface area contributed by atoms with Gasteiger partial charge in [-0.1, -0.05) is 84.9 Å². The monoisotopic (exact) mass is 912 g/mol. The van der Waals surface area contributed by atoms with E-state index in [1.807, 2.05) is 37.3 Å². The molecule has 1 fully saturated rings. The van der Waals surface area contributed by atoms with Gasteiger partial charge in [-0.05, 0) is 151 Å². The fourth-order valence-electron chi connectivity index (χ4n) is 9.37. The van der Waals surface area contributed by atoms with E-state index in [9.17, 15) is 14.4 Å². The van der Waals surface area contributed by atoms with E-state index in [0.29, 0.717) is 56.8 Å². The van der Waals surface area contributed by atoms with Crippen molar-refractivity contribution < 1.29 is 78.2 Å². The number of esters is 1. The summed E-state index contributed by atoms with van der Waals surface area (Å²) in [4.78, 5) is 35.5. The molecule has 11 heteroatoms. The second kappa shape index (κ2) is 22.5. The van der Waals surface area contributed by atoms with Gasteiger partial charge in [0.15, 0.2) is 5.78 Å². The number of carbonyl (C=O) groups is 3. The summed E-state index contributed by atoms with van der Waals surface area (Å²) in [6, 6.07) is 40.9. The predicted molar refractivity (Wildman–Crippen MR) is 252 cm³/mol. The number of Topliss-reactive ketones (excluding diaryl/α,β-unsaturated/α-hetero) is 1.